The number of halogens is 8. The van der Waals surface area contributed by atoms with Crippen LogP contribution < -0.4 is 15.2 Å². The Morgan fingerprint density at radius 1 is 0.912 bits per heavy atom. The van der Waals surface area contributed by atoms with Gasteiger partial charge in [-0.15, -0.1) is 0 Å². The fourth-order valence-corrected chi connectivity index (χ4v) is 3.04. The molecule has 1 N–H and O–H groups in total. The van der Waals surface area contributed by atoms with E-state index < -0.39 is 29.4 Å². The number of aromatic nitrogens is 2. The summed E-state index contributed by atoms with van der Waals surface area (Å²) in [4.78, 5) is 19.6. The van der Waals surface area contributed by atoms with Crippen LogP contribution in [0.1, 0.15) is 21.5 Å². The van der Waals surface area contributed by atoms with E-state index in [0.717, 1.165) is 5.01 Å². The number of nitrogens with one attached hydrogen (secondary N) is 1. The van der Waals surface area contributed by atoms with Gasteiger partial charge < -0.3 is 4.74 Å². The van der Waals surface area contributed by atoms with Crippen molar-refractivity contribution in [3.63, 3.8) is 0 Å². The molecule has 0 fully saturated rings. The molecule has 0 saturated heterocycles. The first kappa shape index (κ1) is 25.4. The zero-order chi connectivity index (χ0) is 25.3. The van der Waals surface area contributed by atoms with Crippen LogP contribution in [-0.2, 0) is 12.4 Å². The molecule has 3 rings (SSSR count). The predicted molar refractivity (Wildman–Crippen MR) is 111 cm³/mol. The van der Waals surface area contributed by atoms with E-state index in [1.165, 1.54) is 31.3 Å². The van der Waals surface area contributed by atoms with Gasteiger partial charge in [0, 0.05) is 25.0 Å². The van der Waals surface area contributed by atoms with Crippen molar-refractivity contribution in [1.29, 1.82) is 0 Å². The van der Waals surface area contributed by atoms with Gasteiger partial charge in [0.2, 0.25) is 5.88 Å². The minimum absolute atomic E-state index is 0.119. The van der Waals surface area contributed by atoms with E-state index in [2.05, 4.69) is 15.4 Å². The molecule has 0 aliphatic carbocycles. The van der Waals surface area contributed by atoms with Gasteiger partial charge >= 0.3 is 12.4 Å². The standard InChI is InChI=1S/C20H12Cl2F6N4O2/c1-32(16-14(21)6-11(8-29-16)19(23,24)25)31-17(33)10-2-4-13(5-3-10)34-18-15(22)7-12(9-30-18)20(26,27)28/h2-9H,1H3,(H,31,33). The van der Waals surface area contributed by atoms with Crippen molar-refractivity contribution in [2.75, 3.05) is 12.1 Å². The third-order valence-corrected chi connectivity index (χ3v) is 4.75. The average molecular weight is 525 g/mol. The maximum Gasteiger partial charge on any atom is 0.417 e. The second kappa shape index (κ2) is 9.55. The lowest BCUT2D eigenvalue weighted by atomic mass is 10.2. The summed E-state index contributed by atoms with van der Waals surface area (Å²) in [6, 6.07) is 6.69. The Morgan fingerprint density at radius 2 is 1.44 bits per heavy atom. The Balaban J connectivity index is 1.67. The number of carbonyl (C=O) groups is 1. The summed E-state index contributed by atoms with van der Waals surface area (Å²) in [6.45, 7) is 0. The van der Waals surface area contributed by atoms with Crippen molar-refractivity contribution in [1.82, 2.24) is 15.4 Å². The summed E-state index contributed by atoms with van der Waals surface area (Å²) >= 11 is 11.6. The van der Waals surface area contributed by atoms with Crippen LogP contribution in [0.5, 0.6) is 11.6 Å². The van der Waals surface area contributed by atoms with E-state index in [1.807, 2.05) is 0 Å². The second-order valence-corrected chi connectivity index (χ2v) is 7.48. The van der Waals surface area contributed by atoms with Crippen LogP contribution in [0.15, 0.2) is 48.8 Å². The Hall–Kier alpha value is -3.25. The van der Waals surface area contributed by atoms with Gasteiger partial charge in [0.05, 0.1) is 16.1 Å². The second-order valence-electron chi connectivity index (χ2n) is 6.66. The summed E-state index contributed by atoms with van der Waals surface area (Å²) in [5.41, 5.74) is 0.434. The Bertz CT molecular complexity index is 1200. The molecule has 0 atom stereocenters. The maximum atomic E-state index is 12.7. The molecule has 2 heterocycles. The number of benzene rings is 1. The molecule has 0 saturated carbocycles. The normalized spacial score (nSPS) is 11.8. The molecule has 1 amide bonds. The topological polar surface area (TPSA) is 67.4 Å². The van der Waals surface area contributed by atoms with Gasteiger partial charge in [-0.25, -0.2) is 9.97 Å². The first-order valence-corrected chi connectivity index (χ1v) is 9.79. The van der Waals surface area contributed by atoms with Crippen LogP contribution in [0.4, 0.5) is 32.2 Å². The van der Waals surface area contributed by atoms with E-state index in [9.17, 15) is 31.1 Å². The number of alkyl halides is 6. The Labute approximate surface area is 198 Å². The number of hydrogen-bond acceptors (Lipinski definition) is 5. The van der Waals surface area contributed by atoms with Crippen LogP contribution in [-0.4, -0.2) is 22.9 Å². The first-order chi connectivity index (χ1) is 15.8. The fraction of sp³-hybridized carbons (Fsp3) is 0.150. The summed E-state index contributed by atoms with van der Waals surface area (Å²) in [6.07, 6.45) is -8.09. The number of ether oxygens (including phenoxy) is 1. The highest BCUT2D eigenvalue weighted by atomic mass is 35.5. The lowest BCUT2D eigenvalue weighted by molar-refractivity contribution is -0.138. The molecule has 180 valence electrons. The fourth-order valence-electron chi connectivity index (χ4n) is 2.54. The van der Waals surface area contributed by atoms with Crippen molar-refractivity contribution < 1.29 is 35.9 Å². The summed E-state index contributed by atoms with van der Waals surface area (Å²) < 4.78 is 81.7. The molecule has 0 aliphatic heterocycles. The molecule has 0 spiro atoms. The predicted octanol–water partition coefficient (Wildman–Crippen LogP) is 6.39. The largest absolute Gasteiger partial charge is 0.438 e. The molecular weight excluding hydrogens is 513 g/mol. The smallest absolute Gasteiger partial charge is 0.417 e. The number of carbonyl (C=O) groups excluding carboxylic acids is 1. The highest BCUT2D eigenvalue weighted by molar-refractivity contribution is 6.33. The zero-order valence-electron chi connectivity index (χ0n) is 16.8. The summed E-state index contributed by atoms with van der Waals surface area (Å²) in [5.74, 6) is -0.912. The quantitative estimate of drug-likeness (QED) is 0.309. The van der Waals surface area contributed by atoms with Gasteiger partial charge in [-0.1, -0.05) is 23.2 Å². The minimum atomic E-state index is -4.62. The third kappa shape index (κ3) is 6.00. The Morgan fingerprint density at radius 3 is 1.94 bits per heavy atom. The third-order valence-electron chi connectivity index (χ3n) is 4.20. The van der Waals surface area contributed by atoms with E-state index in [-0.39, 0.29) is 33.1 Å². The molecule has 0 radical (unpaired) electrons. The molecule has 34 heavy (non-hydrogen) atoms. The van der Waals surface area contributed by atoms with Crippen LogP contribution in [0.25, 0.3) is 0 Å². The van der Waals surface area contributed by atoms with Gasteiger partial charge in [-0.05, 0) is 36.4 Å². The number of nitrogens with zero attached hydrogens (tertiary/aromatic N) is 3. The molecule has 2 aromatic heterocycles. The molecule has 0 aliphatic rings. The van der Waals surface area contributed by atoms with Gasteiger partial charge in [-0.2, -0.15) is 26.3 Å². The van der Waals surface area contributed by atoms with Crippen LogP contribution >= 0.6 is 23.2 Å². The van der Waals surface area contributed by atoms with E-state index in [4.69, 9.17) is 27.9 Å². The molecular formula is C20H12Cl2F6N4O2. The molecule has 14 heteroatoms. The van der Waals surface area contributed by atoms with E-state index in [0.29, 0.717) is 24.5 Å². The van der Waals surface area contributed by atoms with Crippen LogP contribution in [0.2, 0.25) is 10.0 Å². The maximum absolute atomic E-state index is 12.7. The van der Waals surface area contributed by atoms with Crippen molar-refractivity contribution in [3.05, 3.63) is 75.5 Å². The van der Waals surface area contributed by atoms with Crippen molar-refractivity contribution in [3.8, 4) is 11.6 Å². The summed E-state index contributed by atoms with van der Waals surface area (Å²) in [5, 5.41) is 0.350. The van der Waals surface area contributed by atoms with Gasteiger partial charge in [-0.3, -0.25) is 15.2 Å². The van der Waals surface area contributed by atoms with Crippen molar-refractivity contribution >= 4 is 34.9 Å². The lowest BCUT2D eigenvalue weighted by Gasteiger charge is -2.21. The van der Waals surface area contributed by atoms with Gasteiger partial charge in [0.1, 0.15) is 10.8 Å². The molecule has 1 aromatic carbocycles. The SMILES string of the molecule is CN(NC(=O)c1ccc(Oc2ncc(C(F)(F)F)cc2Cl)cc1)c1ncc(C(F)(F)F)cc1Cl. The number of hydrazine groups is 1. The number of rotatable bonds is 5. The highest BCUT2D eigenvalue weighted by Crippen LogP contribution is 2.35. The number of hydrogen-bond donors (Lipinski definition) is 1. The molecule has 3 aromatic rings. The molecule has 0 bridgehead atoms. The monoisotopic (exact) mass is 524 g/mol. The average Bonchev–Trinajstić information content (AvgIpc) is 2.74. The minimum Gasteiger partial charge on any atom is -0.438 e. The molecule has 6 nitrogen and oxygen atoms in total. The molecule has 0 unspecified atom stereocenters. The van der Waals surface area contributed by atoms with E-state index >= 15 is 0 Å². The Kier molecular flexibility index (Phi) is 7.13. The summed E-state index contributed by atoms with van der Waals surface area (Å²) in [7, 11) is 1.33. The van der Waals surface area contributed by atoms with E-state index in [1.54, 1.807) is 0 Å². The van der Waals surface area contributed by atoms with Crippen molar-refractivity contribution in [2.45, 2.75) is 12.4 Å². The van der Waals surface area contributed by atoms with Crippen molar-refractivity contribution in [2.24, 2.45) is 0 Å². The first-order valence-electron chi connectivity index (χ1n) is 9.04. The lowest BCUT2D eigenvalue weighted by Crippen LogP contribution is -2.40. The number of anilines is 1. The van der Waals surface area contributed by atoms with Gasteiger partial charge in [0.25, 0.3) is 5.91 Å². The van der Waals surface area contributed by atoms with Crippen LogP contribution in [0.3, 0.4) is 0 Å². The number of amides is 1. The van der Waals surface area contributed by atoms with Gasteiger partial charge in [0.15, 0.2) is 5.82 Å². The zero-order valence-corrected chi connectivity index (χ0v) is 18.3. The van der Waals surface area contributed by atoms with Crippen LogP contribution in [0, 0.1) is 0 Å². The highest BCUT2D eigenvalue weighted by Gasteiger charge is 2.32. The number of pyridine rings is 2.